The Morgan fingerprint density at radius 2 is 1.56 bits per heavy atom. The number of aromatic nitrogens is 2. The van der Waals surface area contributed by atoms with Crippen LogP contribution >= 0.6 is 11.3 Å². The molecule has 3 aromatic heterocycles. The molecule has 0 radical (unpaired) electrons. The van der Waals surface area contributed by atoms with Crippen molar-refractivity contribution >= 4 is 66.8 Å². The summed E-state index contributed by atoms with van der Waals surface area (Å²) in [5.41, 5.74) is 6.09. The second-order valence-electron chi connectivity index (χ2n) is 9.54. The van der Waals surface area contributed by atoms with Gasteiger partial charge in [0.25, 0.3) is 11.8 Å². The number of aryl methyl sites for hydroxylation is 1. The molecule has 0 spiro atoms. The molecule has 0 aliphatic carbocycles. The summed E-state index contributed by atoms with van der Waals surface area (Å²) in [6, 6.07) is 11.8. The van der Waals surface area contributed by atoms with Crippen LogP contribution in [0, 0.1) is 0 Å². The third-order valence-corrected chi connectivity index (χ3v) is 8.66. The Hall–Kier alpha value is -4.42. The van der Waals surface area contributed by atoms with Crippen LogP contribution < -0.4 is 5.43 Å². The van der Waals surface area contributed by atoms with E-state index in [-0.39, 0.29) is 42.4 Å². The zero-order chi connectivity index (χ0) is 27.2. The molecule has 196 valence electrons. The fraction of sp³-hybridized carbons (Fsp3) is 0.143. The number of carbonyl (C=O) groups excluding carboxylic acids is 2. The second-order valence-corrected chi connectivity index (χ2v) is 10.8. The van der Waals surface area contributed by atoms with E-state index in [0.29, 0.717) is 58.9 Å². The molecule has 39 heavy (non-hydrogen) atoms. The summed E-state index contributed by atoms with van der Waals surface area (Å²) in [4.78, 5) is 32.6. The largest absolute Gasteiger partial charge is 0.506 e. The number of aromatic amines is 1. The fourth-order valence-electron chi connectivity index (χ4n) is 5.86. The Labute approximate surface area is 223 Å². The molecule has 2 amide bonds. The molecule has 1 aliphatic heterocycles. The average Bonchev–Trinajstić information content (AvgIpc) is 3.65. The third kappa shape index (κ3) is 3.06. The van der Waals surface area contributed by atoms with Gasteiger partial charge in [-0.2, -0.15) is 0 Å². The predicted octanol–water partition coefficient (Wildman–Crippen LogP) is 3.72. The number of aromatic hydroxyl groups is 2. The topological polar surface area (TPSA) is 151 Å². The van der Waals surface area contributed by atoms with Crippen LogP contribution in [0.25, 0.3) is 43.6 Å². The number of fused-ring (bicyclic) bond motifs is 10. The number of carbonyl (C=O) groups is 2. The minimum absolute atomic E-state index is 0.00730. The number of amides is 2. The molecular formula is C28H22N4O6S. The van der Waals surface area contributed by atoms with Crippen molar-refractivity contribution in [3.8, 4) is 11.5 Å². The monoisotopic (exact) mass is 542 g/mol. The first-order valence-corrected chi connectivity index (χ1v) is 13.0. The quantitative estimate of drug-likeness (QED) is 0.182. The zero-order valence-electron chi connectivity index (χ0n) is 20.6. The predicted molar refractivity (Wildman–Crippen MR) is 147 cm³/mol. The van der Waals surface area contributed by atoms with Crippen molar-refractivity contribution in [3.05, 3.63) is 68.9 Å². The Morgan fingerprint density at radius 1 is 0.872 bits per heavy atom. The number of phenolic OH excluding ortho intramolecular Hbond substituents is 2. The first-order valence-electron chi connectivity index (χ1n) is 12.2. The standard InChI is InChI=1S/C28H22N4O6S/c1-31-25-15(5-3-7-17(25)36)20-22-21(19-14-4-2-6-16(35)23(14)30-24(19)26(20)31)27(37)32(28(22)38)29-9-18-12(10-33)8-13(11-34)39-18/h2-8,29-30,33-36H,9-11H2,1H3. The van der Waals surface area contributed by atoms with E-state index in [4.69, 9.17) is 0 Å². The number of aliphatic hydroxyl groups is 2. The van der Waals surface area contributed by atoms with Gasteiger partial charge in [0.15, 0.2) is 0 Å². The number of nitrogens with one attached hydrogen (secondary N) is 2. The van der Waals surface area contributed by atoms with E-state index in [9.17, 15) is 30.0 Å². The van der Waals surface area contributed by atoms with E-state index in [2.05, 4.69) is 10.4 Å². The van der Waals surface area contributed by atoms with Crippen LogP contribution in [0.15, 0.2) is 42.5 Å². The molecule has 0 fully saturated rings. The highest BCUT2D eigenvalue weighted by Gasteiger charge is 2.42. The van der Waals surface area contributed by atoms with E-state index in [1.807, 2.05) is 0 Å². The van der Waals surface area contributed by atoms with E-state index >= 15 is 0 Å². The van der Waals surface area contributed by atoms with Crippen LogP contribution in [0.2, 0.25) is 0 Å². The van der Waals surface area contributed by atoms with E-state index in [1.165, 1.54) is 11.3 Å². The summed E-state index contributed by atoms with van der Waals surface area (Å²) in [7, 11) is 1.78. The molecule has 0 saturated carbocycles. The van der Waals surface area contributed by atoms with Crippen molar-refractivity contribution in [2.75, 3.05) is 0 Å². The normalized spacial score (nSPS) is 13.7. The van der Waals surface area contributed by atoms with Crippen LogP contribution in [0.3, 0.4) is 0 Å². The maximum Gasteiger partial charge on any atom is 0.276 e. The summed E-state index contributed by atoms with van der Waals surface area (Å²) in [6.45, 7) is -0.333. The number of H-pyrrole nitrogens is 1. The van der Waals surface area contributed by atoms with Crippen LogP contribution in [0.5, 0.6) is 11.5 Å². The summed E-state index contributed by atoms with van der Waals surface area (Å²) in [6.07, 6.45) is 0. The van der Waals surface area contributed by atoms with E-state index in [0.717, 1.165) is 5.01 Å². The van der Waals surface area contributed by atoms with Gasteiger partial charge in [-0.1, -0.05) is 24.3 Å². The molecule has 1 aliphatic rings. The Morgan fingerprint density at radius 3 is 2.28 bits per heavy atom. The van der Waals surface area contributed by atoms with Gasteiger partial charge in [0.1, 0.15) is 11.5 Å². The van der Waals surface area contributed by atoms with Gasteiger partial charge >= 0.3 is 0 Å². The van der Waals surface area contributed by atoms with Crippen LogP contribution in [-0.2, 0) is 26.8 Å². The summed E-state index contributed by atoms with van der Waals surface area (Å²) in [5, 5.41) is 43.8. The molecule has 7 rings (SSSR count). The van der Waals surface area contributed by atoms with Crippen LogP contribution in [0.1, 0.15) is 36.0 Å². The zero-order valence-corrected chi connectivity index (χ0v) is 21.4. The van der Waals surface area contributed by atoms with Gasteiger partial charge in [-0.25, -0.2) is 10.4 Å². The Balaban J connectivity index is 1.51. The number of imide groups is 1. The SMILES string of the molecule is Cn1c2c(O)cccc2c2c3c(c4c5cccc(O)c5[nH]c4c21)C(=O)N(NCc1sc(CO)cc1CO)C3=O. The van der Waals surface area contributed by atoms with Gasteiger partial charge in [-0.15, -0.1) is 11.3 Å². The maximum atomic E-state index is 14.0. The minimum Gasteiger partial charge on any atom is -0.506 e. The number of nitrogens with zero attached hydrogens (tertiary/aromatic N) is 2. The van der Waals surface area contributed by atoms with Crippen molar-refractivity contribution in [1.29, 1.82) is 0 Å². The first kappa shape index (κ1) is 23.7. The minimum atomic E-state index is -0.548. The maximum absolute atomic E-state index is 14.0. The van der Waals surface area contributed by atoms with E-state index < -0.39 is 11.8 Å². The van der Waals surface area contributed by atoms with Gasteiger partial charge in [-0.3, -0.25) is 9.59 Å². The van der Waals surface area contributed by atoms with Crippen molar-refractivity contribution in [3.63, 3.8) is 0 Å². The van der Waals surface area contributed by atoms with Gasteiger partial charge in [0.2, 0.25) is 0 Å². The molecule has 3 aromatic carbocycles. The number of phenols is 2. The number of rotatable bonds is 5. The average molecular weight is 543 g/mol. The summed E-state index contributed by atoms with van der Waals surface area (Å²) >= 11 is 1.28. The molecule has 10 nitrogen and oxygen atoms in total. The van der Waals surface area contributed by atoms with Gasteiger partial charge < -0.3 is 30.0 Å². The molecule has 6 N–H and O–H groups in total. The first-order chi connectivity index (χ1) is 18.8. The van der Waals surface area contributed by atoms with Crippen LogP contribution in [-0.4, -0.2) is 46.8 Å². The van der Waals surface area contributed by atoms with Gasteiger partial charge in [0, 0.05) is 38.3 Å². The number of para-hydroxylation sites is 2. The molecule has 4 heterocycles. The molecule has 11 heteroatoms. The third-order valence-electron chi connectivity index (χ3n) is 7.50. The molecular weight excluding hydrogens is 520 g/mol. The lowest BCUT2D eigenvalue weighted by Crippen LogP contribution is -2.41. The summed E-state index contributed by atoms with van der Waals surface area (Å²) < 4.78 is 1.79. The van der Waals surface area contributed by atoms with E-state index in [1.54, 1.807) is 54.1 Å². The molecule has 0 unspecified atom stereocenters. The lowest BCUT2D eigenvalue weighted by atomic mass is 9.96. The molecule has 0 saturated heterocycles. The number of hydrogen-bond donors (Lipinski definition) is 6. The molecule has 0 bridgehead atoms. The lowest BCUT2D eigenvalue weighted by Gasteiger charge is -2.15. The van der Waals surface area contributed by atoms with Crippen molar-refractivity contribution < 1.29 is 30.0 Å². The highest BCUT2D eigenvalue weighted by Crippen LogP contribution is 2.46. The number of benzene rings is 3. The Kier molecular flexibility index (Phi) is 5.03. The summed E-state index contributed by atoms with van der Waals surface area (Å²) in [5.74, 6) is -1.05. The highest BCUT2D eigenvalue weighted by molar-refractivity contribution is 7.12. The molecule has 0 atom stereocenters. The number of thiophene rings is 1. The highest BCUT2D eigenvalue weighted by atomic mass is 32.1. The molecule has 6 aromatic rings. The fourth-order valence-corrected chi connectivity index (χ4v) is 6.83. The van der Waals surface area contributed by atoms with Crippen LogP contribution in [0.4, 0.5) is 0 Å². The number of aliphatic hydroxyl groups excluding tert-OH is 2. The van der Waals surface area contributed by atoms with Crippen molar-refractivity contribution in [2.45, 2.75) is 19.8 Å². The van der Waals surface area contributed by atoms with Gasteiger partial charge in [-0.05, 0) is 23.8 Å². The number of hydrogen-bond acceptors (Lipinski definition) is 8. The number of hydrazine groups is 1. The lowest BCUT2D eigenvalue weighted by molar-refractivity contribution is 0.0564. The van der Waals surface area contributed by atoms with Gasteiger partial charge in [0.05, 0.1) is 53.0 Å². The Bertz CT molecular complexity index is 2040. The van der Waals surface area contributed by atoms with Crippen molar-refractivity contribution in [1.82, 2.24) is 20.0 Å². The van der Waals surface area contributed by atoms with Crippen molar-refractivity contribution in [2.24, 2.45) is 7.05 Å². The second kappa shape index (κ2) is 8.29. The smallest absolute Gasteiger partial charge is 0.276 e.